The summed E-state index contributed by atoms with van der Waals surface area (Å²) in [4.78, 5) is 0. The first-order valence-electron chi connectivity index (χ1n) is 15.2. The molecule has 8 rings (SSSR count). The molecule has 44 heavy (non-hydrogen) atoms. The van der Waals surface area contributed by atoms with Crippen LogP contribution in [0.1, 0.15) is 22.6 Å². The Labute approximate surface area is 258 Å². The SMILES string of the molecule is c1ccc(-c2ccc(C(c3ccc(-c4ccccc4)cc3)c3ccc4c(c3)c3ccccc3n4-c3ccccc3)cc2)cc1. The molecule has 208 valence electrons. The number of benzene rings is 7. The van der Waals surface area contributed by atoms with E-state index in [1.54, 1.807) is 0 Å². The molecule has 0 aliphatic heterocycles. The molecule has 0 atom stereocenters. The van der Waals surface area contributed by atoms with E-state index in [0.717, 1.165) is 0 Å². The maximum absolute atomic E-state index is 2.41. The minimum absolute atomic E-state index is 0.0906. The van der Waals surface area contributed by atoms with Crippen molar-refractivity contribution in [2.75, 3.05) is 0 Å². The van der Waals surface area contributed by atoms with Gasteiger partial charge in [0.05, 0.1) is 11.0 Å². The van der Waals surface area contributed by atoms with Gasteiger partial charge < -0.3 is 4.57 Å². The molecule has 0 aliphatic rings. The van der Waals surface area contributed by atoms with Crippen LogP contribution in [0, 0.1) is 0 Å². The second kappa shape index (κ2) is 11.2. The van der Waals surface area contributed by atoms with Crippen LogP contribution in [-0.4, -0.2) is 4.57 Å². The Bertz CT molecular complexity index is 2090. The third-order valence-electron chi connectivity index (χ3n) is 8.75. The van der Waals surface area contributed by atoms with Gasteiger partial charge in [-0.15, -0.1) is 0 Å². The highest BCUT2D eigenvalue weighted by Crippen LogP contribution is 2.39. The monoisotopic (exact) mass is 561 g/mol. The number of hydrogen-bond donors (Lipinski definition) is 0. The van der Waals surface area contributed by atoms with E-state index in [4.69, 9.17) is 0 Å². The molecule has 0 saturated carbocycles. The van der Waals surface area contributed by atoms with Crippen molar-refractivity contribution < 1.29 is 0 Å². The topological polar surface area (TPSA) is 4.93 Å². The summed E-state index contributed by atoms with van der Waals surface area (Å²) in [6.07, 6.45) is 0. The molecule has 8 aromatic rings. The van der Waals surface area contributed by atoms with Crippen LogP contribution in [0.4, 0.5) is 0 Å². The lowest BCUT2D eigenvalue weighted by molar-refractivity contribution is 0.980. The van der Waals surface area contributed by atoms with Gasteiger partial charge in [-0.3, -0.25) is 0 Å². The van der Waals surface area contributed by atoms with Gasteiger partial charge in [-0.2, -0.15) is 0 Å². The maximum Gasteiger partial charge on any atom is 0.0541 e. The fourth-order valence-electron chi connectivity index (χ4n) is 6.60. The Morgan fingerprint density at radius 2 is 0.750 bits per heavy atom. The van der Waals surface area contributed by atoms with Crippen molar-refractivity contribution in [3.63, 3.8) is 0 Å². The predicted molar refractivity (Wildman–Crippen MR) is 185 cm³/mol. The minimum atomic E-state index is 0.0906. The lowest BCUT2D eigenvalue weighted by Gasteiger charge is -2.20. The number of hydrogen-bond acceptors (Lipinski definition) is 0. The molecule has 1 heterocycles. The molecule has 1 aromatic heterocycles. The average Bonchev–Trinajstić information content (AvgIpc) is 3.44. The smallest absolute Gasteiger partial charge is 0.0541 e. The van der Waals surface area contributed by atoms with Crippen LogP contribution >= 0.6 is 0 Å². The molecule has 1 nitrogen and oxygen atoms in total. The van der Waals surface area contributed by atoms with Gasteiger partial charge in [0, 0.05) is 22.4 Å². The Morgan fingerprint density at radius 1 is 0.318 bits per heavy atom. The predicted octanol–water partition coefficient (Wildman–Crippen LogP) is 11.3. The Hall–Kier alpha value is -5.66. The second-order valence-corrected chi connectivity index (χ2v) is 11.4. The number of fused-ring (bicyclic) bond motifs is 3. The molecule has 0 N–H and O–H groups in total. The summed E-state index contributed by atoms with van der Waals surface area (Å²) in [5, 5.41) is 2.54. The average molecular weight is 562 g/mol. The van der Waals surface area contributed by atoms with Gasteiger partial charge in [0.15, 0.2) is 0 Å². The van der Waals surface area contributed by atoms with E-state index in [-0.39, 0.29) is 5.92 Å². The molecular weight excluding hydrogens is 530 g/mol. The summed E-state index contributed by atoms with van der Waals surface area (Å²) in [7, 11) is 0. The molecular formula is C43H31N. The van der Waals surface area contributed by atoms with Crippen LogP contribution < -0.4 is 0 Å². The van der Waals surface area contributed by atoms with E-state index in [2.05, 4.69) is 187 Å². The third kappa shape index (κ3) is 4.69. The first-order chi connectivity index (χ1) is 21.8. The Kier molecular flexibility index (Phi) is 6.62. The van der Waals surface area contributed by atoms with E-state index >= 15 is 0 Å². The van der Waals surface area contributed by atoms with Gasteiger partial charge in [-0.25, -0.2) is 0 Å². The van der Waals surface area contributed by atoms with Crippen molar-refractivity contribution in [3.05, 3.63) is 199 Å². The van der Waals surface area contributed by atoms with Crippen molar-refractivity contribution in [1.82, 2.24) is 4.57 Å². The van der Waals surface area contributed by atoms with Crippen LogP contribution in [0.5, 0.6) is 0 Å². The van der Waals surface area contributed by atoms with Crippen molar-refractivity contribution in [3.8, 4) is 27.9 Å². The molecule has 0 saturated heterocycles. The lowest BCUT2D eigenvalue weighted by atomic mass is 9.83. The van der Waals surface area contributed by atoms with Gasteiger partial charge in [-0.05, 0) is 69.3 Å². The van der Waals surface area contributed by atoms with Crippen molar-refractivity contribution in [2.45, 2.75) is 5.92 Å². The largest absolute Gasteiger partial charge is 0.309 e. The minimum Gasteiger partial charge on any atom is -0.309 e. The molecule has 0 radical (unpaired) electrons. The zero-order chi connectivity index (χ0) is 29.3. The van der Waals surface area contributed by atoms with Gasteiger partial charge in [0.25, 0.3) is 0 Å². The molecule has 0 bridgehead atoms. The fourth-order valence-corrected chi connectivity index (χ4v) is 6.60. The summed E-state index contributed by atoms with van der Waals surface area (Å²) < 4.78 is 2.38. The van der Waals surface area contributed by atoms with Crippen molar-refractivity contribution in [1.29, 1.82) is 0 Å². The molecule has 1 heteroatoms. The highest BCUT2D eigenvalue weighted by atomic mass is 15.0. The molecule has 0 spiro atoms. The Morgan fingerprint density at radius 3 is 1.32 bits per heavy atom. The van der Waals surface area contributed by atoms with E-state index in [9.17, 15) is 0 Å². The highest BCUT2D eigenvalue weighted by molar-refractivity contribution is 6.09. The van der Waals surface area contributed by atoms with E-state index < -0.39 is 0 Å². The third-order valence-corrected chi connectivity index (χ3v) is 8.75. The quantitative estimate of drug-likeness (QED) is 0.178. The Balaban J connectivity index is 1.29. The number of aromatic nitrogens is 1. The van der Waals surface area contributed by atoms with Gasteiger partial charge in [0.1, 0.15) is 0 Å². The molecule has 0 aliphatic carbocycles. The molecule has 7 aromatic carbocycles. The van der Waals surface area contributed by atoms with Gasteiger partial charge in [-0.1, -0.05) is 152 Å². The van der Waals surface area contributed by atoms with E-state index in [1.807, 2.05) is 0 Å². The number of nitrogens with zero attached hydrogens (tertiary/aromatic N) is 1. The van der Waals surface area contributed by atoms with Crippen LogP contribution in [0.3, 0.4) is 0 Å². The van der Waals surface area contributed by atoms with Gasteiger partial charge >= 0.3 is 0 Å². The molecule has 0 fully saturated rings. The van der Waals surface area contributed by atoms with Crippen LogP contribution in [0.2, 0.25) is 0 Å². The molecule has 0 amide bonds. The zero-order valence-corrected chi connectivity index (χ0v) is 24.3. The summed E-state index contributed by atoms with van der Waals surface area (Å²) in [5.74, 6) is 0.0906. The van der Waals surface area contributed by atoms with Crippen LogP contribution in [0.15, 0.2) is 182 Å². The maximum atomic E-state index is 2.41. The highest BCUT2D eigenvalue weighted by Gasteiger charge is 2.20. The first-order valence-corrected chi connectivity index (χ1v) is 15.2. The van der Waals surface area contributed by atoms with Crippen molar-refractivity contribution >= 4 is 21.8 Å². The molecule has 0 unspecified atom stereocenters. The van der Waals surface area contributed by atoms with E-state index in [1.165, 1.54) is 66.4 Å². The van der Waals surface area contributed by atoms with Gasteiger partial charge in [0.2, 0.25) is 0 Å². The lowest BCUT2D eigenvalue weighted by Crippen LogP contribution is -2.04. The summed E-state index contributed by atoms with van der Waals surface area (Å²) in [5.41, 5.74) is 12.4. The normalized spacial score (nSPS) is 11.4. The number of para-hydroxylation sites is 2. The summed E-state index contributed by atoms with van der Waals surface area (Å²) in [6, 6.07) is 65.9. The number of rotatable bonds is 6. The fraction of sp³-hybridized carbons (Fsp3) is 0.0233. The second-order valence-electron chi connectivity index (χ2n) is 11.4. The van der Waals surface area contributed by atoms with Crippen LogP contribution in [0.25, 0.3) is 49.7 Å². The summed E-state index contributed by atoms with van der Waals surface area (Å²) >= 11 is 0. The van der Waals surface area contributed by atoms with Crippen molar-refractivity contribution in [2.24, 2.45) is 0 Å². The van der Waals surface area contributed by atoms with Crippen LogP contribution in [-0.2, 0) is 0 Å². The zero-order valence-electron chi connectivity index (χ0n) is 24.3. The van der Waals surface area contributed by atoms with E-state index in [0.29, 0.717) is 0 Å². The first kappa shape index (κ1) is 26.0. The standard InChI is InChI=1S/C43H31N/c1-4-12-31(13-5-1)33-20-24-35(25-21-33)43(36-26-22-34(23-27-36)32-14-6-2-7-15-32)37-28-29-42-40(30-37)39-18-10-11-19-41(39)44(42)38-16-8-3-9-17-38/h1-30,43H. The summed E-state index contributed by atoms with van der Waals surface area (Å²) in [6.45, 7) is 0.